The Hall–Kier alpha value is -3.22. The number of aromatic nitrogens is 2. The Morgan fingerprint density at radius 1 is 1.00 bits per heavy atom. The number of carbonyl (C=O) groups excluding carboxylic acids is 1. The van der Waals surface area contributed by atoms with Gasteiger partial charge in [-0.1, -0.05) is 12.1 Å². The molecule has 3 rings (SSSR count). The Morgan fingerprint density at radius 2 is 1.67 bits per heavy atom. The molecule has 0 unspecified atom stereocenters. The summed E-state index contributed by atoms with van der Waals surface area (Å²) in [6.07, 6.45) is 0. The van der Waals surface area contributed by atoms with Gasteiger partial charge in [-0.25, -0.2) is 9.18 Å². The first-order valence-electron chi connectivity index (χ1n) is 8.76. The Kier molecular flexibility index (Phi) is 5.21. The summed E-state index contributed by atoms with van der Waals surface area (Å²) in [5.74, 6) is -0.711. The molecule has 0 spiro atoms. The van der Waals surface area contributed by atoms with E-state index in [-0.39, 0.29) is 30.4 Å². The monoisotopic (exact) mass is 369 g/mol. The van der Waals surface area contributed by atoms with E-state index in [1.54, 1.807) is 38.1 Å². The van der Waals surface area contributed by atoms with E-state index in [2.05, 4.69) is 0 Å². The minimum absolute atomic E-state index is 0.214. The molecule has 3 aromatic rings. The number of hydrogen-bond donors (Lipinski definition) is 0. The van der Waals surface area contributed by atoms with Crippen LogP contribution in [0.25, 0.3) is 10.9 Å². The number of likely N-dealkylation sites (N-methyl/N-ethyl adjacent to an activating group) is 1. The van der Waals surface area contributed by atoms with Crippen LogP contribution in [0.5, 0.6) is 0 Å². The van der Waals surface area contributed by atoms with Gasteiger partial charge in [0.15, 0.2) is 0 Å². The molecule has 27 heavy (non-hydrogen) atoms. The molecular formula is C20H20FN3O3. The quantitative estimate of drug-likeness (QED) is 0.694. The second-order valence-corrected chi connectivity index (χ2v) is 6.05. The third-order valence-electron chi connectivity index (χ3n) is 4.50. The van der Waals surface area contributed by atoms with Gasteiger partial charge in [-0.05, 0) is 50.2 Å². The van der Waals surface area contributed by atoms with E-state index in [4.69, 9.17) is 0 Å². The van der Waals surface area contributed by atoms with Crippen LogP contribution >= 0.6 is 0 Å². The highest BCUT2D eigenvalue weighted by atomic mass is 19.1. The summed E-state index contributed by atoms with van der Waals surface area (Å²) in [7, 11) is 0. The number of nitrogens with zero attached hydrogens (tertiary/aromatic N) is 3. The van der Waals surface area contributed by atoms with Crippen molar-refractivity contribution in [3.8, 4) is 0 Å². The lowest BCUT2D eigenvalue weighted by Crippen LogP contribution is -2.43. The van der Waals surface area contributed by atoms with Crippen LogP contribution in [-0.4, -0.2) is 21.6 Å². The van der Waals surface area contributed by atoms with Crippen LogP contribution in [0, 0.1) is 5.82 Å². The van der Waals surface area contributed by atoms with Gasteiger partial charge in [-0.2, -0.15) is 0 Å². The molecule has 0 N–H and O–H groups in total. The van der Waals surface area contributed by atoms with Gasteiger partial charge in [-0.15, -0.1) is 0 Å². The first-order valence-corrected chi connectivity index (χ1v) is 8.76. The van der Waals surface area contributed by atoms with Crippen LogP contribution in [0.2, 0.25) is 0 Å². The molecule has 2 aromatic carbocycles. The van der Waals surface area contributed by atoms with Gasteiger partial charge in [0, 0.05) is 18.8 Å². The van der Waals surface area contributed by atoms with Crippen molar-refractivity contribution in [2.24, 2.45) is 0 Å². The van der Waals surface area contributed by atoms with Gasteiger partial charge < -0.3 is 4.90 Å². The molecule has 140 valence electrons. The number of hydrogen-bond acceptors (Lipinski definition) is 3. The SMILES string of the molecule is CCN(C(=O)Cn1c(=O)n(CC)c(=O)c2ccccc21)c1ccc(F)cc1. The molecule has 1 heterocycles. The largest absolute Gasteiger partial charge is 0.331 e. The van der Waals surface area contributed by atoms with Gasteiger partial charge in [0.2, 0.25) is 5.91 Å². The number of benzene rings is 2. The normalized spacial score (nSPS) is 10.9. The molecule has 7 heteroatoms. The van der Waals surface area contributed by atoms with Crippen molar-refractivity contribution in [3.63, 3.8) is 0 Å². The highest BCUT2D eigenvalue weighted by Crippen LogP contribution is 2.16. The van der Waals surface area contributed by atoms with E-state index in [1.165, 1.54) is 33.7 Å². The summed E-state index contributed by atoms with van der Waals surface area (Å²) in [6.45, 7) is 3.87. The Labute approximate surface area is 155 Å². The summed E-state index contributed by atoms with van der Waals surface area (Å²) < 4.78 is 15.6. The third-order valence-corrected chi connectivity index (χ3v) is 4.50. The summed E-state index contributed by atoms with van der Waals surface area (Å²) in [4.78, 5) is 39.6. The van der Waals surface area contributed by atoms with Gasteiger partial charge in [0.05, 0.1) is 10.9 Å². The highest BCUT2D eigenvalue weighted by molar-refractivity contribution is 5.94. The van der Waals surface area contributed by atoms with Gasteiger partial charge in [-0.3, -0.25) is 18.7 Å². The zero-order valence-electron chi connectivity index (χ0n) is 15.2. The van der Waals surface area contributed by atoms with Crippen LogP contribution in [0.4, 0.5) is 10.1 Å². The smallest absolute Gasteiger partial charge is 0.311 e. The van der Waals surface area contributed by atoms with E-state index >= 15 is 0 Å². The van der Waals surface area contributed by atoms with Gasteiger partial charge in [0.25, 0.3) is 5.56 Å². The average molecular weight is 369 g/mol. The van der Waals surface area contributed by atoms with Crippen molar-refractivity contribution in [3.05, 3.63) is 75.2 Å². The van der Waals surface area contributed by atoms with E-state index in [1.807, 2.05) is 0 Å². The van der Waals surface area contributed by atoms with Crippen LogP contribution in [0.1, 0.15) is 13.8 Å². The predicted octanol–water partition coefficient (Wildman–Crippen LogP) is 2.38. The second-order valence-electron chi connectivity index (χ2n) is 6.05. The van der Waals surface area contributed by atoms with Crippen LogP contribution < -0.4 is 16.1 Å². The van der Waals surface area contributed by atoms with Gasteiger partial charge >= 0.3 is 5.69 Å². The molecule has 0 fully saturated rings. The van der Waals surface area contributed by atoms with Gasteiger partial charge in [0.1, 0.15) is 12.4 Å². The Balaban J connectivity index is 2.08. The number of halogens is 1. The molecule has 1 amide bonds. The number of anilines is 1. The minimum Gasteiger partial charge on any atom is -0.311 e. The topological polar surface area (TPSA) is 64.3 Å². The average Bonchev–Trinajstić information content (AvgIpc) is 2.67. The number of rotatable bonds is 5. The molecule has 0 aliphatic heterocycles. The Morgan fingerprint density at radius 3 is 2.30 bits per heavy atom. The summed E-state index contributed by atoms with van der Waals surface area (Å²) in [6, 6.07) is 12.3. The standard InChI is InChI=1S/C20H20FN3O3/c1-3-22(15-11-9-14(21)10-12-15)18(25)13-24-17-8-6-5-7-16(17)19(26)23(4-2)20(24)27/h5-12H,3-4,13H2,1-2H3. The highest BCUT2D eigenvalue weighted by Gasteiger charge is 2.19. The van der Waals surface area contributed by atoms with Crippen molar-refractivity contribution in [1.29, 1.82) is 0 Å². The maximum absolute atomic E-state index is 13.2. The molecule has 6 nitrogen and oxygen atoms in total. The fraction of sp³-hybridized carbons (Fsp3) is 0.250. The maximum Gasteiger partial charge on any atom is 0.331 e. The molecular weight excluding hydrogens is 349 g/mol. The summed E-state index contributed by atoms with van der Waals surface area (Å²) in [5, 5.41) is 0.386. The van der Waals surface area contributed by atoms with Crippen molar-refractivity contribution >= 4 is 22.5 Å². The molecule has 0 saturated carbocycles. The van der Waals surface area contributed by atoms with Crippen LogP contribution in [0.3, 0.4) is 0 Å². The lowest BCUT2D eigenvalue weighted by Gasteiger charge is -2.22. The fourth-order valence-electron chi connectivity index (χ4n) is 3.15. The Bertz CT molecular complexity index is 1100. The number of amides is 1. The van der Waals surface area contributed by atoms with E-state index in [9.17, 15) is 18.8 Å². The summed E-state index contributed by atoms with van der Waals surface area (Å²) in [5.41, 5.74) is 0.0724. The number of carbonyl (C=O) groups is 1. The summed E-state index contributed by atoms with van der Waals surface area (Å²) >= 11 is 0. The molecule has 0 bridgehead atoms. The molecule has 0 radical (unpaired) electrons. The van der Waals surface area contributed by atoms with E-state index < -0.39 is 5.69 Å². The van der Waals surface area contributed by atoms with Crippen molar-refractivity contribution in [1.82, 2.24) is 9.13 Å². The second kappa shape index (κ2) is 7.57. The lowest BCUT2D eigenvalue weighted by atomic mass is 10.2. The molecule has 0 aliphatic rings. The van der Waals surface area contributed by atoms with E-state index in [0.29, 0.717) is 23.1 Å². The fourth-order valence-corrected chi connectivity index (χ4v) is 3.15. The minimum atomic E-state index is -0.523. The van der Waals surface area contributed by atoms with Crippen molar-refractivity contribution in [2.45, 2.75) is 26.9 Å². The lowest BCUT2D eigenvalue weighted by molar-refractivity contribution is -0.119. The zero-order chi connectivity index (χ0) is 19.6. The first kappa shape index (κ1) is 18.6. The molecule has 1 aromatic heterocycles. The zero-order valence-corrected chi connectivity index (χ0v) is 15.2. The predicted molar refractivity (Wildman–Crippen MR) is 103 cm³/mol. The van der Waals surface area contributed by atoms with Crippen molar-refractivity contribution in [2.75, 3.05) is 11.4 Å². The third kappa shape index (κ3) is 3.40. The maximum atomic E-state index is 13.2. The number of fused-ring (bicyclic) bond motifs is 1. The first-order chi connectivity index (χ1) is 13.0. The van der Waals surface area contributed by atoms with Crippen LogP contribution in [-0.2, 0) is 17.9 Å². The molecule has 0 saturated heterocycles. The molecule has 0 atom stereocenters. The van der Waals surface area contributed by atoms with E-state index in [0.717, 1.165) is 4.57 Å². The number of para-hydroxylation sites is 1. The molecule has 0 aliphatic carbocycles. The van der Waals surface area contributed by atoms with Crippen LogP contribution in [0.15, 0.2) is 58.1 Å². The van der Waals surface area contributed by atoms with Crippen molar-refractivity contribution < 1.29 is 9.18 Å².